The quantitative estimate of drug-likeness (QED) is 0.162. The van der Waals surface area contributed by atoms with Crippen LogP contribution >= 0.6 is 0 Å². The minimum atomic E-state index is -5.46. The number of anilines is 2. The number of halogens is 3. The molecular weight excluding hydrogens is 517 g/mol. The van der Waals surface area contributed by atoms with Gasteiger partial charge in [0.2, 0.25) is 11.9 Å². The van der Waals surface area contributed by atoms with Gasteiger partial charge in [0.15, 0.2) is 0 Å². The zero-order valence-corrected chi connectivity index (χ0v) is 19.8. The maximum absolute atomic E-state index is 13.5. The van der Waals surface area contributed by atoms with E-state index in [1.54, 1.807) is 0 Å². The van der Waals surface area contributed by atoms with Crippen LogP contribution in [0.1, 0.15) is 53.1 Å². The Hall–Kier alpha value is -4.18. The molecule has 0 aliphatic heterocycles. The summed E-state index contributed by atoms with van der Waals surface area (Å²) in [5.74, 6) is -9.68. The number of hydrogen-bond acceptors (Lipinski definition) is 9. The van der Waals surface area contributed by atoms with E-state index in [0.29, 0.717) is 0 Å². The number of carboxylic acids is 1. The number of nitrogens with two attached hydrogens (primary N) is 3. The minimum Gasteiger partial charge on any atom is -0.480 e. The maximum Gasteiger partial charge on any atom is 0.443 e. The first-order valence-corrected chi connectivity index (χ1v) is 11.1. The number of carbonyl (C=O) groups excluding carboxylic acids is 2. The lowest BCUT2D eigenvalue weighted by Crippen LogP contribution is -2.50. The fourth-order valence-corrected chi connectivity index (χ4v) is 3.71. The van der Waals surface area contributed by atoms with Crippen molar-refractivity contribution in [2.45, 2.75) is 56.0 Å². The number of aromatic nitrogens is 2. The number of rotatable bonds is 12. The van der Waals surface area contributed by atoms with Crippen molar-refractivity contribution in [3.8, 4) is 0 Å². The third kappa shape index (κ3) is 7.42. The predicted molar refractivity (Wildman–Crippen MR) is 126 cm³/mol. The normalized spacial score (nSPS) is 13.5. The highest BCUT2D eigenvalue weighted by Gasteiger charge is 2.58. The van der Waals surface area contributed by atoms with E-state index in [9.17, 15) is 47.7 Å². The Morgan fingerprint density at radius 1 is 1.08 bits per heavy atom. The monoisotopic (exact) mass is 544 g/mol. The van der Waals surface area contributed by atoms with E-state index in [1.165, 1.54) is 0 Å². The molecule has 1 aromatic heterocycles. The van der Waals surface area contributed by atoms with Crippen LogP contribution in [0.15, 0.2) is 29.1 Å². The van der Waals surface area contributed by atoms with Crippen molar-refractivity contribution < 1.29 is 42.9 Å². The number of aromatic amines is 1. The first-order chi connectivity index (χ1) is 17.5. The molecule has 0 saturated heterocycles. The standard InChI is InChI=1S/C22H27F3N6O7/c23-22(24,25)21(37,38)13(3-1-2-12-16(27)30-20(28)31-18(12)34)10-4-6-11(7-5-10)17(33)29-14(19(35)36)8-9-15(26)32/h4-7,13-14,37-38H,1-3,8-9H2,(H2,26,32)(H,29,33)(H,35,36)(H5,27,28,30,31,34)/t13-,14-/m0/s1. The molecule has 0 spiro atoms. The molecule has 0 bridgehead atoms. The molecule has 2 rings (SSSR count). The highest BCUT2D eigenvalue weighted by atomic mass is 19.4. The van der Waals surface area contributed by atoms with Crippen molar-refractivity contribution in [3.05, 3.63) is 51.3 Å². The summed E-state index contributed by atoms with van der Waals surface area (Å²) >= 11 is 0. The van der Waals surface area contributed by atoms with Gasteiger partial charge in [0, 0.05) is 17.9 Å². The lowest BCUT2D eigenvalue weighted by Gasteiger charge is -2.33. The van der Waals surface area contributed by atoms with Gasteiger partial charge >= 0.3 is 12.1 Å². The number of H-pyrrole nitrogens is 1. The summed E-state index contributed by atoms with van der Waals surface area (Å²) in [5, 5.41) is 31.4. The van der Waals surface area contributed by atoms with Crippen LogP contribution < -0.4 is 28.1 Å². The van der Waals surface area contributed by atoms with Gasteiger partial charge in [-0.15, -0.1) is 0 Å². The Kier molecular flexibility index (Phi) is 9.42. The number of nitrogens with one attached hydrogen (secondary N) is 2. The van der Waals surface area contributed by atoms with Gasteiger partial charge in [-0.05, 0) is 43.4 Å². The molecular formula is C22H27F3N6O7. The van der Waals surface area contributed by atoms with Gasteiger partial charge in [-0.3, -0.25) is 19.4 Å². The fourth-order valence-electron chi connectivity index (χ4n) is 3.71. The third-order valence-corrected chi connectivity index (χ3v) is 5.75. The molecule has 38 heavy (non-hydrogen) atoms. The number of primary amides is 1. The summed E-state index contributed by atoms with van der Waals surface area (Å²) in [5.41, 5.74) is 14.9. The van der Waals surface area contributed by atoms with Gasteiger partial charge in [0.1, 0.15) is 11.9 Å². The Labute approximate surface area is 212 Å². The van der Waals surface area contributed by atoms with E-state index >= 15 is 0 Å². The number of carboxylic acid groups (broad SMARTS) is 1. The van der Waals surface area contributed by atoms with Gasteiger partial charge in [-0.1, -0.05) is 12.1 Å². The van der Waals surface area contributed by atoms with Crippen LogP contribution in [0.5, 0.6) is 0 Å². The molecule has 208 valence electrons. The second-order valence-corrected chi connectivity index (χ2v) is 8.47. The third-order valence-electron chi connectivity index (χ3n) is 5.75. The zero-order valence-electron chi connectivity index (χ0n) is 19.8. The van der Waals surface area contributed by atoms with Crippen molar-refractivity contribution in [2.24, 2.45) is 5.73 Å². The molecule has 16 heteroatoms. The lowest BCUT2D eigenvalue weighted by atomic mass is 9.84. The molecule has 0 saturated carbocycles. The number of alkyl halides is 3. The van der Waals surface area contributed by atoms with Gasteiger partial charge in [0.25, 0.3) is 17.3 Å². The van der Waals surface area contributed by atoms with Crippen LogP contribution in [0.4, 0.5) is 24.9 Å². The smallest absolute Gasteiger partial charge is 0.443 e. The highest BCUT2D eigenvalue weighted by molar-refractivity contribution is 5.96. The molecule has 0 radical (unpaired) electrons. The van der Waals surface area contributed by atoms with Crippen molar-refractivity contribution in [1.82, 2.24) is 15.3 Å². The minimum absolute atomic E-state index is 0.0391. The van der Waals surface area contributed by atoms with E-state index in [-0.39, 0.29) is 54.1 Å². The summed E-state index contributed by atoms with van der Waals surface area (Å²) in [6.45, 7) is 0. The Morgan fingerprint density at radius 3 is 2.18 bits per heavy atom. The fraction of sp³-hybridized carbons (Fsp3) is 0.409. The molecule has 0 aliphatic rings. The second-order valence-electron chi connectivity index (χ2n) is 8.47. The number of aliphatic carboxylic acids is 1. The lowest BCUT2D eigenvalue weighted by molar-refractivity contribution is -0.358. The molecule has 1 aromatic carbocycles. The van der Waals surface area contributed by atoms with Gasteiger partial charge in [0.05, 0.1) is 5.56 Å². The van der Waals surface area contributed by atoms with Crippen molar-refractivity contribution in [3.63, 3.8) is 0 Å². The first-order valence-electron chi connectivity index (χ1n) is 11.1. The molecule has 2 amide bonds. The molecule has 0 fully saturated rings. The molecule has 0 unspecified atom stereocenters. The number of carbonyl (C=O) groups is 3. The summed E-state index contributed by atoms with van der Waals surface area (Å²) in [6, 6.07) is 2.80. The average Bonchev–Trinajstić information content (AvgIpc) is 2.79. The number of nitrogen functional groups attached to an aromatic ring is 2. The summed E-state index contributed by atoms with van der Waals surface area (Å²) in [4.78, 5) is 52.6. The SMILES string of the molecule is NC(=O)CC[C@H](NC(=O)c1ccc([C@H](CCCc2c(N)nc(N)[nH]c2=O)C(O)(O)C(F)(F)F)cc1)C(=O)O. The van der Waals surface area contributed by atoms with E-state index < -0.39 is 53.7 Å². The number of nitrogens with zero attached hydrogens (tertiary/aromatic N) is 1. The Morgan fingerprint density at radius 2 is 1.68 bits per heavy atom. The molecule has 0 aliphatic carbocycles. The summed E-state index contributed by atoms with van der Waals surface area (Å²) in [6.07, 6.45) is -6.82. The number of amides is 2. The number of aliphatic hydroxyl groups is 2. The van der Waals surface area contributed by atoms with Gasteiger partial charge < -0.3 is 37.8 Å². The number of hydrogen-bond donors (Lipinski definition) is 8. The molecule has 13 nitrogen and oxygen atoms in total. The zero-order chi connectivity index (χ0) is 28.8. The van der Waals surface area contributed by atoms with Crippen LogP contribution in [-0.4, -0.2) is 61.1 Å². The summed E-state index contributed by atoms with van der Waals surface area (Å²) < 4.78 is 40.5. The van der Waals surface area contributed by atoms with E-state index in [0.717, 1.165) is 24.3 Å². The van der Waals surface area contributed by atoms with Crippen molar-refractivity contribution in [1.29, 1.82) is 0 Å². The first kappa shape index (κ1) is 30.0. The van der Waals surface area contributed by atoms with Crippen LogP contribution in [-0.2, 0) is 16.0 Å². The van der Waals surface area contributed by atoms with Crippen molar-refractivity contribution >= 4 is 29.5 Å². The van der Waals surface area contributed by atoms with Crippen LogP contribution in [0.25, 0.3) is 0 Å². The van der Waals surface area contributed by atoms with E-state index in [2.05, 4.69) is 15.3 Å². The van der Waals surface area contributed by atoms with E-state index in [4.69, 9.17) is 17.2 Å². The summed E-state index contributed by atoms with van der Waals surface area (Å²) in [7, 11) is 0. The second kappa shape index (κ2) is 11.9. The van der Waals surface area contributed by atoms with Crippen LogP contribution in [0, 0.1) is 0 Å². The van der Waals surface area contributed by atoms with Crippen molar-refractivity contribution in [2.75, 3.05) is 11.5 Å². The molecule has 2 atom stereocenters. The number of benzene rings is 1. The highest BCUT2D eigenvalue weighted by Crippen LogP contribution is 2.42. The molecule has 2 aromatic rings. The average molecular weight is 544 g/mol. The molecule has 11 N–H and O–H groups in total. The van der Waals surface area contributed by atoms with Gasteiger partial charge in [-0.2, -0.15) is 18.2 Å². The van der Waals surface area contributed by atoms with E-state index in [1.807, 2.05) is 0 Å². The van der Waals surface area contributed by atoms with Crippen LogP contribution in [0.2, 0.25) is 0 Å². The molecule has 1 heterocycles. The Balaban J connectivity index is 2.25. The van der Waals surface area contributed by atoms with Gasteiger partial charge in [-0.25, -0.2) is 4.79 Å². The largest absolute Gasteiger partial charge is 0.480 e. The Bertz CT molecular complexity index is 1230. The topological polar surface area (TPSA) is 248 Å². The maximum atomic E-state index is 13.5. The van der Waals surface area contributed by atoms with Crippen LogP contribution in [0.3, 0.4) is 0 Å². The predicted octanol–water partition coefficient (Wildman–Crippen LogP) is -0.267.